The number of hydrogen-bond acceptors (Lipinski definition) is 3. The molecule has 2 aromatic rings. The Morgan fingerprint density at radius 3 is 2.50 bits per heavy atom. The van der Waals surface area contributed by atoms with Gasteiger partial charge in [-0.3, -0.25) is 0 Å². The number of nitrogens with zero attached hydrogens (tertiary/aromatic N) is 2. The molecular formula is C25H25N3. The fraction of sp³-hybridized carbons (Fsp3) is 0.160. The summed E-state index contributed by atoms with van der Waals surface area (Å²) in [7, 11) is 0. The Balaban J connectivity index is 1.66. The van der Waals surface area contributed by atoms with Crippen LogP contribution >= 0.6 is 0 Å². The van der Waals surface area contributed by atoms with Crippen molar-refractivity contribution in [3.63, 3.8) is 0 Å². The second kappa shape index (κ2) is 7.73. The number of hydrogen-bond donors (Lipinski definition) is 1. The molecule has 0 bridgehead atoms. The van der Waals surface area contributed by atoms with E-state index in [0.717, 1.165) is 36.3 Å². The monoisotopic (exact) mass is 367 g/mol. The SMILES string of the molecule is C=CCc1ccc(-c2ccc3c(c2)N=C(N)CC(C2=CCN2CC=C)=C3)cc1. The first-order valence-electron chi connectivity index (χ1n) is 9.62. The molecule has 0 unspecified atom stereocenters. The van der Waals surface area contributed by atoms with Crippen LogP contribution in [0.4, 0.5) is 5.69 Å². The molecule has 2 aliphatic rings. The van der Waals surface area contributed by atoms with Gasteiger partial charge in [-0.15, -0.1) is 13.2 Å². The highest BCUT2D eigenvalue weighted by Gasteiger charge is 2.22. The summed E-state index contributed by atoms with van der Waals surface area (Å²) < 4.78 is 0. The minimum Gasteiger partial charge on any atom is -0.387 e. The van der Waals surface area contributed by atoms with E-state index in [9.17, 15) is 0 Å². The van der Waals surface area contributed by atoms with Crippen molar-refractivity contribution >= 4 is 17.6 Å². The average molecular weight is 367 g/mol. The van der Waals surface area contributed by atoms with E-state index >= 15 is 0 Å². The molecule has 0 radical (unpaired) electrons. The lowest BCUT2D eigenvalue weighted by atomic mass is 9.97. The number of benzene rings is 2. The second-order valence-corrected chi connectivity index (χ2v) is 7.20. The summed E-state index contributed by atoms with van der Waals surface area (Å²) in [6, 6.07) is 15.0. The van der Waals surface area contributed by atoms with E-state index in [0.29, 0.717) is 12.3 Å². The van der Waals surface area contributed by atoms with Gasteiger partial charge in [-0.2, -0.15) is 0 Å². The summed E-state index contributed by atoms with van der Waals surface area (Å²) in [5, 5.41) is 0. The van der Waals surface area contributed by atoms with Crippen LogP contribution in [0.25, 0.3) is 17.2 Å². The zero-order valence-electron chi connectivity index (χ0n) is 16.1. The van der Waals surface area contributed by atoms with Gasteiger partial charge in [0.25, 0.3) is 0 Å². The van der Waals surface area contributed by atoms with E-state index in [1.165, 1.54) is 22.4 Å². The number of fused-ring (bicyclic) bond motifs is 1. The van der Waals surface area contributed by atoms with E-state index in [2.05, 4.69) is 72.7 Å². The van der Waals surface area contributed by atoms with E-state index < -0.39 is 0 Å². The number of aliphatic imine (C=N–C) groups is 1. The standard InChI is InChI=1S/C25H25N3/c1-3-5-18-6-8-19(9-7-18)20-10-11-21-15-22(17-25(26)27-23(21)16-20)24-12-14-28(24)13-4-2/h3-4,6-12,15-16H,1-2,5,13-14,17H2,(H2,26,27). The quantitative estimate of drug-likeness (QED) is 0.709. The highest BCUT2D eigenvalue weighted by atomic mass is 15.2. The lowest BCUT2D eigenvalue weighted by molar-refractivity contribution is 0.379. The zero-order chi connectivity index (χ0) is 19.5. The lowest BCUT2D eigenvalue weighted by Gasteiger charge is -2.34. The van der Waals surface area contributed by atoms with Crippen molar-refractivity contribution in [1.29, 1.82) is 0 Å². The van der Waals surface area contributed by atoms with Crippen LogP contribution in [-0.2, 0) is 6.42 Å². The van der Waals surface area contributed by atoms with E-state index in [1.54, 1.807) is 0 Å². The average Bonchev–Trinajstić information content (AvgIpc) is 2.83. The van der Waals surface area contributed by atoms with Crippen molar-refractivity contribution in [1.82, 2.24) is 4.90 Å². The van der Waals surface area contributed by atoms with Crippen LogP contribution in [0.1, 0.15) is 17.5 Å². The summed E-state index contributed by atoms with van der Waals surface area (Å²) in [6.45, 7) is 9.46. The molecular weight excluding hydrogens is 342 g/mol. The van der Waals surface area contributed by atoms with Crippen molar-refractivity contribution in [2.24, 2.45) is 10.7 Å². The maximum Gasteiger partial charge on any atom is 0.104 e. The molecule has 3 heteroatoms. The molecule has 0 spiro atoms. The first-order valence-corrected chi connectivity index (χ1v) is 9.62. The van der Waals surface area contributed by atoms with Crippen LogP contribution in [0.5, 0.6) is 0 Å². The lowest BCUT2D eigenvalue weighted by Crippen LogP contribution is -2.33. The Kier molecular flexibility index (Phi) is 4.98. The van der Waals surface area contributed by atoms with Crippen LogP contribution in [0.15, 0.2) is 90.1 Å². The van der Waals surface area contributed by atoms with Crippen LogP contribution in [-0.4, -0.2) is 23.8 Å². The zero-order valence-corrected chi connectivity index (χ0v) is 16.1. The minimum atomic E-state index is 0.648. The molecule has 0 saturated carbocycles. The van der Waals surface area contributed by atoms with Gasteiger partial charge in [-0.05, 0) is 46.9 Å². The van der Waals surface area contributed by atoms with Crippen LogP contribution in [0.2, 0.25) is 0 Å². The molecule has 2 N–H and O–H groups in total. The van der Waals surface area contributed by atoms with Crippen molar-refractivity contribution in [2.75, 3.05) is 13.1 Å². The molecule has 2 aliphatic heterocycles. The van der Waals surface area contributed by atoms with Crippen molar-refractivity contribution in [3.05, 3.63) is 96.2 Å². The smallest absolute Gasteiger partial charge is 0.104 e. The summed E-state index contributed by atoms with van der Waals surface area (Å²) in [5.74, 6) is 0.648. The number of rotatable bonds is 6. The Bertz CT molecular complexity index is 1010. The van der Waals surface area contributed by atoms with Gasteiger partial charge in [-0.1, -0.05) is 48.6 Å². The first kappa shape index (κ1) is 18.1. The summed E-state index contributed by atoms with van der Waals surface area (Å²) >= 11 is 0. The summed E-state index contributed by atoms with van der Waals surface area (Å²) in [6.07, 6.45) is 9.87. The number of nitrogens with two attached hydrogens (primary N) is 1. The van der Waals surface area contributed by atoms with Gasteiger partial charge in [0.1, 0.15) is 5.84 Å². The highest BCUT2D eigenvalue weighted by Crippen LogP contribution is 2.35. The molecule has 2 aromatic carbocycles. The summed E-state index contributed by atoms with van der Waals surface area (Å²) in [4.78, 5) is 7.00. The third-order valence-corrected chi connectivity index (χ3v) is 5.19. The number of allylic oxidation sites excluding steroid dienone is 2. The Hall–Kier alpha value is -3.33. The molecule has 0 fully saturated rings. The van der Waals surface area contributed by atoms with E-state index in [-0.39, 0.29) is 0 Å². The molecule has 0 saturated heterocycles. The van der Waals surface area contributed by atoms with E-state index in [4.69, 9.17) is 10.7 Å². The molecule has 3 nitrogen and oxygen atoms in total. The highest BCUT2D eigenvalue weighted by molar-refractivity contribution is 5.92. The fourth-order valence-electron chi connectivity index (χ4n) is 3.71. The molecule has 28 heavy (non-hydrogen) atoms. The topological polar surface area (TPSA) is 41.6 Å². The predicted octanol–water partition coefficient (Wildman–Crippen LogP) is 5.24. The van der Waals surface area contributed by atoms with Crippen LogP contribution in [0, 0.1) is 0 Å². The molecule has 0 aromatic heterocycles. The minimum absolute atomic E-state index is 0.648. The van der Waals surface area contributed by atoms with Gasteiger partial charge in [0.15, 0.2) is 0 Å². The normalized spacial score (nSPS) is 15.4. The van der Waals surface area contributed by atoms with Gasteiger partial charge in [0.05, 0.1) is 5.69 Å². The van der Waals surface area contributed by atoms with Gasteiger partial charge in [0, 0.05) is 30.8 Å². The summed E-state index contributed by atoms with van der Waals surface area (Å²) in [5.41, 5.74) is 14.3. The van der Waals surface area contributed by atoms with Crippen LogP contribution < -0.4 is 5.73 Å². The first-order chi connectivity index (χ1) is 13.7. The Morgan fingerprint density at radius 2 is 1.82 bits per heavy atom. The van der Waals surface area contributed by atoms with Crippen molar-refractivity contribution < 1.29 is 0 Å². The van der Waals surface area contributed by atoms with Gasteiger partial charge >= 0.3 is 0 Å². The Morgan fingerprint density at radius 1 is 1.04 bits per heavy atom. The largest absolute Gasteiger partial charge is 0.387 e. The van der Waals surface area contributed by atoms with Crippen LogP contribution in [0.3, 0.4) is 0 Å². The third-order valence-electron chi connectivity index (χ3n) is 5.19. The van der Waals surface area contributed by atoms with Gasteiger partial charge in [0.2, 0.25) is 0 Å². The number of amidine groups is 1. The molecule has 4 rings (SSSR count). The molecule has 0 aliphatic carbocycles. The second-order valence-electron chi connectivity index (χ2n) is 7.20. The third kappa shape index (κ3) is 3.56. The maximum absolute atomic E-state index is 6.25. The fourth-order valence-corrected chi connectivity index (χ4v) is 3.71. The Labute approximate surface area is 166 Å². The molecule has 2 heterocycles. The maximum atomic E-state index is 6.25. The molecule has 140 valence electrons. The van der Waals surface area contributed by atoms with Gasteiger partial charge < -0.3 is 10.6 Å². The van der Waals surface area contributed by atoms with Gasteiger partial charge in [-0.25, -0.2) is 4.99 Å². The van der Waals surface area contributed by atoms with Crippen molar-refractivity contribution in [3.8, 4) is 11.1 Å². The van der Waals surface area contributed by atoms with E-state index in [1.807, 2.05) is 12.2 Å². The van der Waals surface area contributed by atoms with Crippen molar-refractivity contribution in [2.45, 2.75) is 12.8 Å². The predicted molar refractivity (Wildman–Crippen MR) is 120 cm³/mol. The molecule has 0 amide bonds. The molecule has 0 atom stereocenters.